The molecular formula is C9H12ClN3O2. The van der Waals surface area contributed by atoms with Crippen LogP contribution in [0.25, 0.3) is 0 Å². The predicted octanol–water partition coefficient (Wildman–Crippen LogP) is 0.180. The van der Waals surface area contributed by atoms with Crippen LogP contribution in [-0.4, -0.2) is 23.7 Å². The SMILES string of the molecule is Nc1cc(Cl)ccc1NC(=O)[C@@H](N)CO. The smallest absolute Gasteiger partial charge is 0.243 e. The Morgan fingerprint density at radius 2 is 2.27 bits per heavy atom. The molecule has 0 aliphatic heterocycles. The molecule has 0 saturated heterocycles. The van der Waals surface area contributed by atoms with E-state index in [4.69, 9.17) is 28.2 Å². The Kier molecular flexibility index (Phi) is 3.90. The maximum absolute atomic E-state index is 11.3. The van der Waals surface area contributed by atoms with Gasteiger partial charge in [-0.15, -0.1) is 0 Å². The molecule has 0 fully saturated rings. The van der Waals surface area contributed by atoms with Gasteiger partial charge in [-0.25, -0.2) is 0 Å². The molecule has 6 N–H and O–H groups in total. The molecule has 5 nitrogen and oxygen atoms in total. The molecule has 0 saturated carbocycles. The van der Waals surface area contributed by atoms with Gasteiger partial charge in [0.1, 0.15) is 6.04 Å². The molecule has 0 spiro atoms. The normalized spacial score (nSPS) is 12.2. The summed E-state index contributed by atoms with van der Waals surface area (Å²) in [6, 6.07) is 3.72. The van der Waals surface area contributed by atoms with Gasteiger partial charge >= 0.3 is 0 Å². The molecule has 0 aliphatic rings. The number of nitrogen functional groups attached to an aromatic ring is 1. The van der Waals surface area contributed by atoms with Crippen molar-refractivity contribution >= 4 is 28.9 Å². The van der Waals surface area contributed by atoms with E-state index in [1.165, 1.54) is 6.07 Å². The quantitative estimate of drug-likeness (QED) is 0.556. The van der Waals surface area contributed by atoms with Crippen molar-refractivity contribution < 1.29 is 9.90 Å². The minimum absolute atomic E-state index is 0.348. The molecule has 0 unspecified atom stereocenters. The third kappa shape index (κ3) is 3.09. The third-order valence-corrected chi connectivity index (χ3v) is 2.04. The minimum atomic E-state index is -0.958. The molecule has 1 atom stereocenters. The zero-order valence-electron chi connectivity index (χ0n) is 7.90. The minimum Gasteiger partial charge on any atom is -0.397 e. The van der Waals surface area contributed by atoms with Gasteiger partial charge in [-0.3, -0.25) is 4.79 Å². The van der Waals surface area contributed by atoms with Crippen LogP contribution in [0.1, 0.15) is 0 Å². The topological polar surface area (TPSA) is 101 Å². The van der Waals surface area contributed by atoms with Crippen molar-refractivity contribution in [2.75, 3.05) is 17.7 Å². The van der Waals surface area contributed by atoms with Crippen molar-refractivity contribution in [2.45, 2.75) is 6.04 Å². The molecule has 82 valence electrons. The summed E-state index contributed by atoms with van der Waals surface area (Å²) in [6.07, 6.45) is 0. The molecular weight excluding hydrogens is 218 g/mol. The first-order valence-corrected chi connectivity index (χ1v) is 4.64. The van der Waals surface area contributed by atoms with Gasteiger partial charge in [0.2, 0.25) is 5.91 Å². The van der Waals surface area contributed by atoms with E-state index in [0.29, 0.717) is 16.4 Å². The Balaban J connectivity index is 2.77. The average Bonchev–Trinajstić information content (AvgIpc) is 2.20. The molecule has 1 rings (SSSR count). The molecule has 1 aromatic rings. The number of hydrogen-bond acceptors (Lipinski definition) is 4. The van der Waals surface area contributed by atoms with Crippen LogP contribution in [-0.2, 0) is 4.79 Å². The highest BCUT2D eigenvalue weighted by atomic mass is 35.5. The van der Waals surface area contributed by atoms with Gasteiger partial charge in [-0.1, -0.05) is 11.6 Å². The fraction of sp³-hybridized carbons (Fsp3) is 0.222. The van der Waals surface area contributed by atoms with Gasteiger partial charge in [-0.05, 0) is 18.2 Å². The van der Waals surface area contributed by atoms with Gasteiger partial charge in [-0.2, -0.15) is 0 Å². The first-order valence-electron chi connectivity index (χ1n) is 4.27. The fourth-order valence-electron chi connectivity index (χ4n) is 0.956. The number of rotatable bonds is 3. The lowest BCUT2D eigenvalue weighted by Gasteiger charge is -2.11. The van der Waals surface area contributed by atoms with Gasteiger partial charge < -0.3 is 21.9 Å². The van der Waals surface area contributed by atoms with Crippen molar-refractivity contribution in [3.63, 3.8) is 0 Å². The number of halogens is 1. The summed E-state index contributed by atoms with van der Waals surface area (Å²) >= 11 is 5.69. The monoisotopic (exact) mass is 229 g/mol. The molecule has 1 aromatic carbocycles. The van der Waals surface area contributed by atoms with Crippen molar-refractivity contribution in [2.24, 2.45) is 5.73 Å². The van der Waals surface area contributed by atoms with Crippen LogP contribution in [0, 0.1) is 0 Å². The fourth-order valence-corrected chi connectivity index (χ4v) is 1.14. The maximum atomic E-state index is 11.3. The zero-order valence-corrected chi connectivity index (χ0v) is 8.66. The van der Waals surface area contributed by atoms with Gasteiger partial charge in [0, 0.05) is 5.02 Å². The standard InChI is InChI=1S/C9H12ClN3O2/c10-5-1-2-8(6(11)3-5)13-9(15)7(12)4-14/h1-3,7,14H,4,11-12H2,(H,13,15)/t7-/m0/s1. The van der Waals surface area contributed by atoms with E-state index in [1.54, 1.807) is 12.1 Å². The van der Waals surface area contributed by atoms with E-state index in [0.717, 1.165) is 0 Å². The Morgan fingerprint density at radius 1 is 1.60 bits per heavy atom. The van der Waals surface area contributed by atoms with Crippen LogP contribution in [0.3, 0.4) is 0 Å². The lowest BCUT2D eigenvalue weighted by molar-refractivity contribution is -0.118. The average molecular weight is 230 g/mol. The first-order chi connectivity index (χ1) is 7.04. The van der Waals surface area contributed by atoms with Crippen LogP contribution in [0.15, 0.2) is 18.2 Å². The van der Waals surface area contributed by atoms with Crippen LogP contribution >= 0.6 is 11.6 Å². The van der Waals surface area contributed by atoms with E-state index >= 15 is 0 Å². The first kappa shape index (κ1) is 11.8. The summed E-state index contributed by atoms with van der Waals surface area (Å²) in [5.41, 5.74) is 11.7. The summed E-state index contributed by atoms with van der Waals surface area (Å²) in [5.74, 6) is -0.494. The molecule has 0 bridgehead atoms. The van der Waals surface area contributed by atoms with Gasteiger partial charge in [0.15, 0.2) is 0 Å². The van der Waals surface area contributed by atoms with Crippen molar-refractivity contribution in [3.05, 3.63) is 23.2 Å². The Morgan fingerprint density at radius 3 is 2.80 bits per heavy atom. The van der Waals surface area contributed by atoms with Crippen molar-refractivity contribution in [1.82, 2.24) is 0 Å². The number of aliphatic hydroxyl groups is 1. The lowest BCUT2D eigenvalue weighted by Crippen LogP contribution is -2.38. The van der Waals surface area contributed by atoms with Crippen LogP contribution < -0.4 is 16.8 Å². The number of amides is 1. The molecule has 0 radical (unpaired) electrons. The van der Waals surface area contributed by atoms with Crippen molar-refractivity contribution in [3.8, 4) is 0 Å². The molecule has 6 heteroatoms. The third-order valence-electron chi connectivity index (χ3n) is 1.80. The highest BCUT2D eigenvalue weighted by Gasteiger charge is 2.13. The summed E-state index contributed by atoms with van der Waals surface area (Å²) in [4.78, 5) is 11.3. The van der Waals surface area contributed by atoms with E-state index in [9.17, 15) is 4.79 Å². The predicted molar refractivity (Wildman–Crippen MR) is 59.6 cm³/mol. The van der Waals surface area contributed by atoms with E-state index in [2.05, 4.69) is 5.32 Å². The van der Waals surface area contributed by atoms with Gasteiger partial charge in [0.05, 0.1) is 18.0 Å². The lowest BCUT2D eigenvalue weighted by atomic mass is 10.2. The summed E-state index contributed by atoms with van der Waals surface area (Å²) in [6.45, 7) is -0.417. The number of carbonyl (C=O) groups excluding carboxylic acids is 1. The van der Waals surface area contributed by atoms with Crippen LogP contribution in [0.4, 0.5) is 11.4 Å². The second-order valence-corrected chi connectivity index (χ2v) is 3.45. The summed E-state index contributed by atoms with van der Waals surface area (Å²) in [7, 11) is 0. The van der Waals surface area contributed by atoms with Crippen LogP contribution in [0.2, 0.25) is 5.02 Å². The second kappa shape index (κ2) is 4.97. The molecule has 0 aliphatic carbocycles. The number of nitrogens with two attached hydrogens (primary N) is 2. The summed E-state index contributed by atoms with van der Waals surface area (Å²) < 4.78 is 0. The van der Waals surface area contributed by atoms with Gasteiger partial charge in [0.25, 0.3) is 0 Å². The molecule has 0 heterocycles. The van der Waals surface area contributed by atoms with E-state index in [1.807, 2.05) is 0 Å². The number of nitrogens with one attached hydrogen (secondary N) is 1. The highest BCUT2D eigenvalue weighted by Crippen LogP contribution is 2.22. The molecule has 0 aromatic heterocycles. The Labute approximate surface area is 92.0 Å². The highest BCUT2D eigenvalue weighted by molar-refractivity contribution is 6.31. The second-order valence-electron chi connectivity index (χ2n) is 3.01. The largest absolute Gasteiger partial charge is 0.397 e. The number of carbonyl (C=O) groups is 1. The zero-order chi connectivity index (χ0) is 11.4. The number of benzene rings is 1. The van der Waals surface area contributed by atoms with E-state index in [-0.39, 0.29) is 0 Å². The Bertz CT molecular complexity index is 370. The van der Waals surface area contributed by atoms with E-state index < -0.39 is 18.6 Å². The summed E-state index contributed by atoms with van der Waals surface area (Å²) in [5, 5.41) is 11.6. The number of hydrogen-bond donors (Lipinski definition) is 4. The number of anilines is 2. The van der Waals surface area contributed by atoms with Crippen LogP contribution in [0.5, 0.6) is 0 Å². The molecule has 15 heavy (non-hydrogen) atoms. The Hall–Kier alpha value is -1.30. The number of aliphatic hydroxyl groups excluding tert-OH is 1. The maximum Gasteiger partial charge on any atom is 0.243 e. The van der Waals surface area contributed by atoms with Crippen molar-refractivity contribution in [1.29, 1.82) is 0 Å². The molecule has 1 amide bonds.